The number of rotatable bonds is 3. The molecule has 4 nitrogen and oxygen atoms in total. The minimum atomic E-state index is -0.238. The molecule has 1 aliphatic heterocycles. The first-order valence-corrected chi connectivity index (χ1v) is 9.92. The van der Waals surface area contributed by atoms with Crippen molar-refractivity contribution in [2.75, 3.05) is 13.1 Å². The van der Waals surface area contributed by atoms with Gasteiger partial charge in [0.2, 0.25) is 0 Å². The van der Waals surface area contributed by atoms with Gasteiger partial charge in [0.25, 0.3) is 5.91 Å². The van der Waals surface area contributed by atoms with E-state index in [2.05, 4.69) is 36.2 Å². The van der Waals surface area contributed by atoms with E-state index in [1.165, 1.54) is 16.9 Å². The Morgan fingerprint density at radius 3 is 2.72 bits per heavy atom. The fraction of sp³-hybridized carbons (Fsp3) is 0.500. The Balaban J connectivity index is 1.55. The van der Waals surface area contributed by atoms with E-state index in [0.29, 0.717) is 12.5 Å². The molecule has 4 rings (SSSR count). The van der Waals surface area contributed by atoms with Gasteiger partial charge in [0.05, 0.1) is 11.8 Å². The summed E-state index contributed by atoms with van der Waals surface area (Å²) in [6.07, 6.45) is 2.70. The van der Waals surface area contributed by atoms with Crippen LogP contribution in [0.3, 0.4) is 0 Å². The number of thiazole rings is 1. The van der Waals surface area contributed by atoms with Gasteiger partial charge in [-0.1, -0.05) is 31.2 Å². The number of carbonyl (C=O) groups excluding carboxylic acids is 1. The van der Waals surface area contributed by atoms with Crippen LogP contribution in [0, 0.1) is 18.8 Å². The summed E-state index contributed by atoms with van der Waals surface area (Å²) in [7, 11) is 0. The van der Waals surface area contributed by atoms with Crippen LogP contribution in [0.2, 0.25) is 0 Å². The standard InChI is InChI=1S/C20H24N2O2S/c1-3-13-4-6-14(7-5-13)19-21-12(2)18(25-19)20(24)22-10-15-8-9-17(23)16(15)11-22/h4-7,15-17,23H,3,8-11H2,1-2H3. The molecule has 1 saturated carbocycles. The third-order valence-electron chi connectivity index (χ3n) is 5.71. The fourth-order valence-electron chi connectivity index (χ4n) is 4.15. The van der Waals surface area contributed by atoms with Gasteiger partial charge in [-0.2, -0.15) is 0 Å². The number of fused-ring (bicyclic) bond motifs is 1. The molecule has 3 unspecified atom stereocenters. The van der Waals surface area contributed by atoms with E-state index in [1.807, 2.05) is 11.8 Å². The van der Waals surface area contributed by atoms with E-state index in [1.54, 1.807) is 0 Å². The van der Waals surface area contributed by atoms with Gasteiger partial charge in [-0.25, -0.2) is 4.98 Å². The number of likely N-dealkylation sites (tertiary alicyclic amines) is 1. The second kappa shape index (κ2) is 6.54. The molecule has 1 amide bonds. The monoisotopic (exact) mass is 356 g/mol. The molecule has 132 valence electrons. The molecule has 25 heavy (non-hydrogen) atoms. The molecule has 2 heterocycles. The summed E-state index contributed by atoms with van der Waals surface area (Å²) in [6, 6.07) is 8.41. The van der Waals surface area contributed by atoms with Crippen molar-refractivity contribution in [3.63, 3.8) is 0 Å². The quantitative estimate of drug-likeness (QED) is 0.915. The lowest BCUT2D eigenvalue weighted by atomic mass is 10.00. The van der Waals surface area contributed by atoms with Gasteiger partial charge < -0.3 is 10.0 Å². The van der Waals surface area contributed by atoms with Crippen LogP contribution in [0.25, 0.3) is 10.6 Å². The highest BCUT2D eigenvalue weighted by molar-refractivity contribution is 7.17. The molecule has 3 atom stereocenters. The van der Waals surface area contributed by atoms with Crippen LogP contribution < -0.4 is 0 Å². The van der Waals surface area contributed by atoms with E-state index >= 15 is 0 Å². The third kappa shape index (κ3) is 3.00. The van der Waals surface area contributed by atoms with Gasteiger partial charge in [0.15, 0.2) is 0 Å². The average Bonchev–Trinajstić information content (AvgIpc) is 3.31. The van der Waals surface area contributed by atoms with Gasteiger partial charge in [-0.3, -0.25) is 4.79 Å². The predicted octanol–water partition coefficient (Wildman–Crippen LogP) is 3.52. The zero-order valence-electron chi connectivity index (χ0n) is 14.7. The average molecular weight is 356 g/mol. The summed E-state index contributed by atoms with van der Waals surface area (Å²) >= 11 is 1.49. The molecule has 5 heteroatoms. The van der Waals surface area contributed by atoms with Crippen molar-refractivity contribution in [1.82, 2.24) is 9.88 Å². The first-order chi connectivity index (χ1) is 12.1. The van der Waals surface area contributed by atoms with Gasteiger partial charge >= 0.3 is 0 Å². The highest BCUT2D eigenvalue weighted by Gasteiger charge is 2.43. The molecule has 1 aromatic heterocycles. The highest BCUT2D eigenvalue weighted by Crippen LogP contribution is 2.39. The molecular weight excluding hydrogens is 332 g/mol. The number of hydrogen-bond acceptors (Lipinski definition) is 4. The Labute approximate surface area is 152 Å². The molecule has 0 radical (unpaired) electrons. The molecule has 0 bridgehead atoms. The van der Waals surface area contributed by atoms with Crippen molar-refractivity contribution >= 4 is 17.2 Å². The van der Waals surface area contributed by atoms with E-state index in [0.717, 1.165) is 46.9 Å². The smallest absolute Gasteiger partial charge is 0.265 e. The molecule has 0 spiro atoms. The second-order valence-electron chi connectivity index (χ2n) is 7.26. The molecule has 1 saturated heterocycles. The van der Waals surface area contributed by atoms with Gasteiger partial charge in [-0.15, -0.1) is 11.3 Å². The summed E-state index contributed by atoms with van der Waals surface area (Å²) < 4.78 is 0. The van der Waals surface area contributed by atoms with E-state index in [9.17, 15) is 9.90 Å². The van der Waals surface area contributed by atoms with Crippen LogP contribution in [-0.4, -0.2) is 40.1 Å². The Hall–Kier alpha value is -1.72. The minimum Gasteiger partial charge on any atom is -0.393 e. The summed E-state index contributed by atoms with van der Waals surface area (Å²) in [5.41, 5.74) is 3.18. The van der Waals surface area contributed by atoms with Crippen molar-refractivity contribution in [3.05, 3.63) is 40.4 Å². The van der Waals surface area contributed by atoms with Crippen LogP contribution in [0.15, 0.2) is 24.3 Å². The molecule has 2 fully saturated rings. The Morgan fingerprint density at radius 2 is 2.04 bits per heavy atom. The van der Waals surface area contributed by atoms with Crippen molar-refractivity contribution in [2.45, 2.75) is 39.2 Å². The van der Waals surface area contributed by atoms with E-state index in [-0.39, 0.29) is 17.9 Å². The Morgan fingerprint density at radius 1 is 1.28 bits per heavy atom. The molecule has 1 N–H and O–H groups in total. The maximum absolute atomic E-state index is 13.0. The predicted molar refractivity (Wildman–Crippen MR) is 99.8 cm³/mol. The zero-order valence-corrected chi connectivity index (χ0v) is 15.6. The summed E-state index contributed by atoms with van der Waals surface area (Å²) in [5.74, 6) is 0.805. The lowest BCUT2D eigenvalue weighted by molar-refractivity contribution is 0.0756. The third-order valence-corrected chi connectivity index (χ3v) is 6.90. The lowest BCUT2D eigenvalue weighted by Crippen LogP contribution is -2.30. The minimum absolute atomic E-state index is 0.0769. The summed E-state index contributed by atoms with van der Waals surface area (Å²) in [5, 5.41) is 11.0. The first-order valence-electron chi connectivity index (χ1n) is 9.11. The number of aromatic nitrogens is 1. The van der Waals surface area contributed by atoms with Crippen molar-refractivity contribution in [3.8, 4) is 10.6 Å². The number of carbonyl (C=O) groups is 1. The maximum atomic E-state index is 13.0. The van der Waals surface area contributed by atoms with Crippen LogP contribution >= 0.6 is 11.3 Å². The van der Waals surface area contributed by atoms with Gasteiger partial charge in [-0.05, 0) is 37.7 Å². The van der Waals surface area contributed by atoms with Crippen LogP contribution in [0.1, 0.15) is 40.7 Å². The SMILES string of the molecule is CCc1ccc(-c2nc(C)c(C(=O)N3CC4CCC(O)C4C3)s2)cc1. The Bertz CT molecular complexity index is 783. The number of aliphatic hydroxyl groups is 1. The number of aliphatic hydroxyl groups excluding tert-OH is 1. The van der Waals surface area contributed by atoms with Crippen molar-refractivity contribution in [2.24, 2.45) is 11.8 Å². The maximum Gasteiger partial charge on any atom is 0.265 e. The Kier molecular flexibility index (Phi) is 4.38. The van der Waals surface area contributed by atoms with Crippen LogP contribution in [0.5, 0.6) is 0 Å². The van der Waals surface area contributed by atoms with Crippen LogP contribution in [0.4, 0.5) is 0 Å². The molecule has 2 aliphatic rings. The van der Waals surface area contributed by atoms with Crippen molar-refractivity contribution in [1.29, 1.82) is 0 Å². The number of hydrogen-bond donors (Lipinski definition) is 1. The highest BCUT2D eigenvalue weighted by atomic mass is 32.1. The molecule has 2 aromatic rings. The van der Waals surface area contributed by atoms with Gasteiger partial charge in [0.1, 0.15) is 9.88 Å². The topological polar surface area (TPSA) is 53.4 Å². The second-order valence-corrected chi connectivity index (χ2v) is 8.26. The summed E-state index contributed by atoms with van der Waals surface area (Å²) in [6.45, 7) is 5.52. The van der Waals surface area contributed by atoms with E-state index < -0.39 is 0 Å². The first kappa shape index (κ1) is 16.7. The number of benzene rings is 1. The zero-order chi connectivity index (χ0) is 17.6. The number of aryl methyl sites for hydroxylation is 2. The van der Waals surface area contributed by atoms with Crippen molar-refractivity contribution < 1.29 is 9.90 Å². The molecule has 1 aliphatic carbocycles. The number of amides is 1. The number of nitrogens with zero attached hydrogens (tertiary/aromatic N) is 2. The van der Waals surface area contributed by atoms with Gasteiger partial charge in [0, 0.05) is 24.6 Å². The largest absolute Gasteiger partial charge is 0.393 e. The summed E-state index contributed by atoms with van der Waals surface area (Å²) in [4.78, 5) is 20.3. The fourth-order valence-corrected chi connectivity index (χ4v) is 5.19. The molecular formula is C20H24N2O2S. The van der Waals surface area contributed by atoms with E-state index in [4.69, 9.17) is 0 Å². The lowest BCUT2D eigenvalue weighted by Gasteiger charge is -2.17. The normalized spacial score (nSPS) is 25.4. The molecule has 1 aromatic carbocycles. The van der Waals surface area contributed by atoms with Crippen LogP contribution in [-0.2, 0) is 6.42 Å².